The van der Waals surface area contributed by atoms with Crippen LogP contribution in [-0.2, 0) is 18.0 Å². The van der Waals surface area contributed by atoms with Gasteiger partial charge < -0.3 is 4.74 Å². The molecule has 0 aromatic carbocycles. The molecule has 0 aliphatic carbocycles. The third kappa shape index (κ3) is 1.74. The molecule has 1 aromatic rings. The molecule has 0 atom stereocenters. The van der Waals surface area contributed by atoms with Crippen LogP contribution in [0.1, 0.15) is 30.1 Å². The molecule has 1 fully saturated rings. The molecule has 2 aliphatic heterocycles. The summed E-state index contributed by atoms with van der Waals surface area (Å²) in [6.07, 6.45) is 2.48. The fourth-order valence-electron chi connectivity index (χ4n) is 2.25. The first kappa shape index (κ1) is 10.2. The van der Waals surface area contributed by atoms with Crippen molar-refractivity contribution in [1.29, 1.82) is 0 Å². The molecular formula is C10H13BrN2OS. The normalized spacial score (nSPS) is 21.9. The Morgan fingerprint density at radius 2 is 2.13 bits per heavy atom. The van der Waals surface area contributed by atoms with Crippen LogP contribution in [0.25, 0.3) is 0 Å². The smallest absolute Gasteiger partial charge is 0.134 e. The lowest BCUT2D eigenvalue weighted by atomic mass is 10.1. The topological polar surface area (TPSA) is 27.1 Å². The van der Waals surface area contributed by atoms with E-state index in [0.29, 0.717) is 6.04 Å². The van der Waals surface area contributed by atoms with Crippen LogP contribution in [0.2, 0.25) is 0 Å². The van der Waals surface area contributed by atoms with Crippen molar-refractivity contribution in [1.82, 2.24) is 9.78 Å². The Morgan fingerprint density at radius 3 is 2.93 bits per heavy atom. The number of hydrogen-bond donors (Lipinski definition) is 0. The predicted octanol–water partition coefficient (Wildman–Crippen LogP) is 2.74. The Morgan fingerprint density at radius 1 is 1.33 bits per heavy atom. The number of aromatic nitrogens is 2. The van der Waals surface area contributed by atoms with Crippen molar-refractivity contribution < 1.29 is 4.74 Å². The monoisotopic (exact) mass is 288 g/mol. The standard InChI is InChI=1S/C10H13BrN2OS/c11-10-8-5-14-6-9(8)13(12-10)7-1-3-15-4-2-7/h7H,1-6H2. The van der Waals surface area contributed by atoms with Crippen molar-refractivity contribution in [2.45, 2.75) is 32.1 Å². The summed E-state index contributed by atoms with van der Waals surface area (Å²) in [5.41, 5.74) is 2.55. The Balaban J connectivity index is 1.93. The number of rotatable bonds is 1. The molecule has 0 saturated carbocycles. The zero-order valence-corrected chi connectivity index (χ0v) is 10.8. The maximum atomic E-state index is 5.47. The van der Waals surface area contributed by atoms with Crippen molar-refractivity contribution in [3.63, 3.8) is 0 Å². The summed E-state index contributed by atoms with van der Waals surface area (Å²) in [5, 5.41) is 4.60. The molecule has 0 spiro atoms. The SMILES string of the molecule is Brc1nn(C2CCSCC2)c2c1COC2. The molecule has 3 rings (SSSR count). The van der Waals surface area contributed by atoms with Gasteiger partial charge in [-0.1, -0.05) is 0 Å². The van der Waals surface area contributed by atoms with Gasteiger partial charge in [0.15, 0.2) is 0 Å². The molecule has 1 saturated heterocycles. The molecule has 0 N–H and O–H groups in total. The van der Waals surface area contributed by atoms with E-state index in [1.165, 1.54) is 35.6 Å². The third-order valence-electron chi connectivity index (χ3n) is 3.09. The molecule has 0 radical (unpaired) electrons. The van der Waals surface area contributed by atoms with E-state index in [9.17, 15) is 0 Å². The van der Waals surface area contributed by atoms with E-state index in [4.69, 9.17) is 4.74 Å². The van der Waals surface area contributed by atoms with E-state index in [-0.39, 0.29) is 0 Å². The first-order valence-electron chi connectivity index (χ1n) is 5.27. The molecule has 2 aliphatic rings. The molecule has 0 bridgehead atoms. The van der Waals surface area contributed by atoms with Crippen LogP contribution in [0, 0.1) is 0 Å². The summed E-state index contributed by atoms with van der Waals surface area (Å²) in [6.45, 7) is 1.45. The van der Waals surface area contributed by atoms with Crippen molar-refractivity contribution in [2.75, 3.05) is 11.5 Å². The van der Waals surface area contributed by atoms with Gasteiger partial charge in [-0.25, -0.2) is 0 Å². The molecule has 3 nitrogen and oxygen atoms in total. The maximum absolute atomic E-state index is 5.47. The molecule has 0 amide bonds. The van der Waals surface area contributed by atoms with Gasteiger partial charge in [-0.15, -0.1) is 0 Å². The van der Waals surface area contributed by atoms with E-state index < -0.39 is 0 Å². The van der Waals surface area contributed by atoms with Gasteiger partial charge in [0.05, 0.1) is 24.9 Å². The lowest BCUT2D eigenvalue weighted by Gasteiger charge is -2.23. The average molecular weight is 289 g/mol. The Kier molecular flexibility index (Phi) is 2.79. The quantitative estimate of drug-likeness (QED) is 0.795. The average Bonchev–Trinajstić information content (AvgIpc) is 2.84. The largest absolute Gasteiger partial charge is 0.370 e. The van der Waals surface area contributed by atoms with Crippen LogP contribution in [0.15, 0.2) is 4.60 Å². The van der Waals surface area contributed by atoms with E-state index in [2.05, 4.69) is 25.7 Å². The van der Waals surface area contributed by atoms with Crippen LogP contribution in [0.5, 0.6) is 0 Å². The van der Waals surface area contributed by atoms with Gasteiger partial charge in [-0.05, 0) is 40.3 Å². The van der Waals surface area contributed by atoms with Crippen molar-refractivity contribution in [3.05, 3.63) is 15.9 Å². The summed E-state index contributed by atoms with van der Waals surface area (Å²) in [7, 11) is 0. The van der Waals surface area contributed by atoms with Crippen LogP contribution < -0.4 is 0 Å². The zero-order chi connectivity index (χ0) is 10.3. The molecule has 5 heteroatoms. The van der Waals surface area contributed by atoms with Crippen LogP contribution >= 0.6 is 27.7 Å². The second kappa shape index (κ2) is 4.11. The molecule has 1 aromatic heterocycles. The third-order valence-corrected chi connectivity index (χ3v) is 4.78. The highest BCUT2D eigenvalue weighted by atomic mass is 79.9. The van der Waals surface area contributed by atoms with Crippen molar-refractivity contribution >= 4 is 27.7 Å². The Hall–Kier alpha value is -0.0000000000000000763. The minimum atomic E-state index is 0.591. The number of nitrogens with zero attached hydrogens (tertiary/aromatic N) is 2. The van der Waals surface area contributed by atoms with Gasteiger partial charge in [0, 0.05) is 5.56 Å². The summed E-state index contributed by atoms with van der Waals surface area (Å²) in [4.78, 5) is 0. The minimum Gasteiger partial charge on any atom is -0.370 e. The molecular weight excluding hydrogens is 276 g/mol. The summed E-state index contributed by atoms with van der Waals surface area (Å²) < 4.78 is 8.65. The molecule has 82 valence electrons. The maximum Gasteiger partial charge on any atom is 0.134 e. The van der Waals surface area contributed by atoms with E-state index in [0.717, 1.165) is 17.8 Å². The van der Waals surface area contributed by atoms with Gasteiger partial charge in [0.1, 0.15) is 4.60 Å². The highest BCUT2D eigenvalue weighted by Gasteiger charge is 2.26. The summed E-state index contributed by atoms with van der Waals surface area (Å²) in [5.74, 6) is 2.52. The lowest BCUT2D eigenvalue weighted by molar-refractivity contribution is 0.127. The van der Waals surface area contributed by atoms with Gasteiger partial charge in [-0.3, -0.25) is 4.68 Å². The van der Waals surface area contributed by atoms with Gasteiger partial charge in [0.25, 0.3) is 0 Å². The minimum absolute atomic E-state index is 0.591. The highest BCUT2D eigenvalue weighted by molar-refractivity contribution is 9.10. The number of halogens is 1. The van der Waals surface area contributed by atoms with Crippen LogP contribution in [-0.4, -0.2) is 21.3 Å². The number of thioether (sulfide) groups is 1. The van der Waals surface area contributed by atoms with Gasteiger partial charge >= 0.3 is 0 Å². The fraction of sp³-hybridized carbons (Fsp3) is 0.700. The first-order chi connectivity index (χ1) is 7.36. The van der Waals surface area contributed by atoms with Crippen LogP contribution in [0.4, 0.5) is 0 Å². The molecule has 0 unspecified atom stereocenters. The fourth-order valence-corrected chi connectivity index (χ4v) is 3.85. The first-order valence-corrected chi connectivity index (χ1v) is 7.22. The summed E-state index contributed by atoms with van der Waals surface area (Å²) in [6, 6.07) is 0.591. The van der Waals surface area contributed by atoms with Crippen molar-refractivity contribution in [2.24, 2.45) is 0 Å². The number of hydrogen-bond acceptors (Lipinski definition) is 3. The van der Waals surface area contributed by atoms with Gasteiger partial charge in [0.2, 0.25) is 0 Å². The van der Waals surface area contributed by atoms with E-state index >= 15 is 0 Å². The lowest BCUT2D eigenvalue weighted by Crippen LogP contribution is -2.18. The number of fused-ring (bicyclic) bond motifs is 1. The van der Waals surface area contributed by atoms with E-state index in [1.54, 1.807) is 0 Å². The van der Waals surface area contributed by atoms with Crippen LogP contribution in [0.3, 0.4) is 0 Å². The second-order valence-corrected chi connectivity index (χ2v) is 5.97. The highest BCUT2D eigenvalue weighted by Crippen LogP contribution is 2.33. The van der Waals surface area contributed by atoms with Crippen molar-refractivity contribution in [3.8, 4) is 0 Å². The Labute approximate surface area is 102 Å². The Bertz CT molecular complexity index is 374. The second-order valence-electron chi connectivity index (χ2n) is 4.00. The van der Waals surface area contributed by atoms with E-state index in [1.807, 2.05) is 11.8 Å². The molecule has 15 heavy (non-hydrogen) atoms. The molecule has 3 heterocycles. The van der Waals surface area contributed by atoms with Gasteiger partial charge in [-0.2, -0.15) is 16.9 Å². The summed E-state index contributed by atoms with van der Waals surface area (Å²) >= 11 is 5.57. The predicted molar refractivity (Wildman–Crippen MR) is 64.0 cm³/mol. The number of ether oxygens (including phenoxy) is 1. The zero-order valence-electron chi connectivity index (χ0n) is 8.41.